The molecule has 0 saturated carbocycles. The molecule has 2 amide bonds. The molecule has 0 radical (unpaired) electrons. The molecule has 0 bridgehead atoms. The highest BCUT2D eigenvalue weighted by Gasteiger charge is 2.28. The minimum Gasteiger partial charge on any atom is -0.353 e. The average Bonchev–Trinajstić information content (AvgIpc) is 2.44. The second-order valence-electron chi connectivity index (χ2n) is 4.61. The highest BCUT2D eigenvalue weighted by molar-refractivity contribution is 7.99. The first-order valence-electron chi connectivity index (χ1n) is 6.53. The molecule has 1 saturated heterocycles. The Morgan fingerprint density at radius 1 is 1.45 bits per heavy atom. The molecule has 1 aliphatic rings. The van der Waals surface area contributed by atoms with E-state index < -0.39 is 0 Å². The van der Waals surface area contributed by atoms with E-state index >= 15 is 0 Å². The molecule has 1 aromatic carbocycles. The molecule has 6 heteroatoms. The molecule has 1 N–H and O–H groups in total. The van der Waals surface area contributed by atoms with Gasteiger partial charge in [0.2, 0.25) is 11.8 Å². The molecule has 1 fully saturated rings. The van der Waals surface area contributed by atoms with Gasteiger partial charge in [-0.15, -0.1) is 11.8 Å². The monoisotopic (exact) mass is 312 g/mol. The average molecular weight is 313 g/mol. The van der Waals surface area contributed by atoms with E-state index in [1.54, 1.807) is 23.6 Å². The van der Waals surface area contributed by atoms with Gasteiger partial charge in [0.1, 0.15) is 6.04 Å². The summed E-state index contributed by atoms with van der Waals surface area (Å²) in [5.74, 6) is 0.662. The number of halogens is 1. The van der Waals surface area contributed by atoms with Gasteiger partial charge in [0.25, 0.3) is 0 Å². The van der Waals surface area contributed by atoms with Crippen molar-refractivity contribution in [2.75, 3.05) is 18.8 Å². The van der Waals surface area contributed by atoms with Crippen molar-refractivity contribution < 1.29 is 9.59 Å². The summed E-state index contributed by atoms with van der Waals surface area (Å²) in [6.07, 6.45) is 0.435. The quantitative estimate of drug-likeness (QED) is 0.867. The maximum atomic E-state index is 12.1. The van der Waals surface area contributed by atoms with Gasteiger partial charge in [-0.25, -0.2) is 0 Å². The lowest BCUT2D eigenvalue weighted by atomic mass is 10.2. The van der Waals surface area contributed by atoms with Crippen LogP contribution in [-0.4, -0.2) is 41.6 Å². The number of thioether (sulfide) groups is 1. The normalized spacial score (nSPS) is 18.8. The number of rotatable bonds is 4. The van der Waals surface area contributed by atoms with Crippen LogP contribution in [0.5, 0.6) is 0 Å². The Bertz CT molecular complexity index is 492. The van der Waals surface area contributed by atoms with Crippen LogP contribution in [0.2, 0.25) is 5.02 Å². The first kappa shape index (κ1) is 15.2. The van der Waals surface area contributed by atoms with Crippen LogP contribution < -0.4 is 5.32 Å². The van der Waals surface area contributed by atoms with Gasteiger partial charge in [0.05, 0.1) is 0 Å². The Balaban J connectivity index is 1.80. The van der Waals surface area contributed by atoms with Gasteiger partial charge in [0.15, 0.2) is 0 Å². The maximum Gasteiger partial charge on any atom is 0.242 e. The lowest BCUT2D eigenvalue weighted by Gasteiger charge is -2.32. The van der Waals surface area contributed by atoms with Crippen LogP contribution in [0.25, 0.3) is 0 Å². The fourth-order valence-electron chi connectivity index (χ4n) is 2.05. The maximum absolute atomic E-state index is 12.1. The van der Waals surface area contributed by atoms with Crippen molar-refractivity contribution in [3.05, 3.63) is 29.3 Å². The number of piperazine rings is 1. The van der Waals surface area contributed by atoms with E-state index in [0.29, 0.717) is 30.3 Å². The molecular formula is C14H17ClN2O2S. The summed E-state index contributed by atoms with van der Waals surface area (Å²) in [5.41, 5.74) is 0. The summed E-state index contributed by atoms with van der Waals surface area (Å²) in [5, 5.41) is 3.46. The predicted molar refractivity (Wildman–Crippen MR) is 81.0 cm³/mol. The van der Waals surface area contributed by atoms with Crippen LogP contribution in [0.15, 0.2) is 29.2 Å². The SMILES string of the molecule is C[C@@H]1C(=O)NCCN1C(=O)CCSc1ccc(Cl)cc1. The largest absolute Gasteiger partial charge is 0.353 e. The minimum atomic E-state index is -0.364. The van der Waals surface area contributed by atoms with Crippen molar-refractivity contribution >= 4 is 35.2 Å². The summed E-state index contributed by atoms with van der Waals surface area (Å²) < 4.78 is 0. The third-order valence-corrected chi connectivity index (χ3v) is 4.48. The smallest absolute Gasteiger partial charge is 0.242 e. The lowest BCUT2D eigenvalue weighted by molar-refractivity contribution is -0.142. The summed E-state index contributed by atoms with van der Waals surface area (Å²) in [6.45, 7) is 2.90. The van der Waals surface area contributed by atoms with Crippen LogP contribution in [0.1, 0.15) is 13.3 Å². The van der Waals surface area contributed by atoms with Gasteiger partial charge >= 0.3 is 0 Å². The highest BCUT2D eigenvalue weighted by Crippen LogP contribution is 2.21. The molecule has 1 aromatic rings. The van der Waals surface area contributed by atoms with E-state index in [4.69, 9.17) is 11.6 Å². The Hall–Kier alpha value is -1.20. The number of amides is 2. The second kappa shape index (κ2) is 6.99. The van der Waals surface area contributed by atoms with E-state index in [9.17, 15) is 9.59 Å². The third-order valence-electron chi connectivity index (χ3n) is 3.22. The van der Waals surface area contributed by atoms with Crippen LogP contribution in [0.3, 0.4) is 0 Å². The first-order chi connectivity index (χ1) is 9.58. The van der Waals surface area contributed by atoms with Crippen molar-refractivity contribution in [1.29, 1.82) is 0 Å². The second-order valence-corrected chi connectivity index (χ2v) is 6.21. The number of nitrogens with zero attached hydrogens (tertiary/aromatic N) is 1. The Kier molecular flexibility index (Phi) is 5.31. The van der Waals surface area contributed by atoms with Crippen LogP contribution >= 0.6 is 23.4 Å². The summed E-state index contributed by atoms with van der Waals surface area (Å²) >= 11 is 7.44. The van der Waals surface area contributed by atoms with Crippen molar-refractivity contribution in [3.63, 3.8) is 0 Å². The molecule has 0 aliphatic carbocycles. The zero-order chi connectivity index (χ0) is 14.5. The summed E-state index contributed by atoms with van der Waals surface area (Å²) in [6, 6.07) is 7.19. The van der Waals surface area contributed by atoms with E-state index in [-0.39, 0.29) is 17.9 Å². The number of hydrogen-bond donors (Lipinski definition) is 1. The van der Waals surface area contributed by atoms with E-state index in [2.05, 4.69) is 5.32 Å². The molecule has 0 spiro atoms. The Labute approximate surface area is 127 Å². The minimum absolute atomic E-state index is 0.0359. The highest BCUT2D eigenvalue weighted by atomic mass is 35.5. The van der Waals surface area contributed by atoms with Gasteiger partial charge in [-0.05, 0) is 31.2 Å². The van der Waals surface area contributed by atoms with Gasteiger partial charge in [-0.3, -0.25) is 9.59 Å². The summed E-state index contributed by atoms with van der Waals surface area (Å²) in [4.78, 5) is 26.4. The number of carbonyl (C=O) groups is 2. The Morgan fingerprint density at radius 2 is 2.15 bits per heavy atom. The van der Waals surface area contributed by atoms with Gasteiger partial charge in [-0.2, -0.15) is 0 Å². The fraction of sp³-hybridized carbons (Fsp3) is 0.429. The number of benzene rings is 1. The van der Waals surface area contributed by atoms with E-state index in [0.717, 1.165) is 4.90 Å². The lowest BCUT2D eigenvalue weighted by Crippen LogP contribution is -2.55. The van der Waals surface area contributed by atoms with Crippen LogP contribution in [-0.2, 0) is 9.59 Å². The zero-order valence-electron chi connectivity index (χ0n) is 11.3. The molecule has 1 atom stereocenters. The number of hydrogen-bond acceptors (Lipinski definition) is 3. The van der Waals surface area contributed by atoms with Crippen LogP contribution in [0, 0.1) is 0 Å². The molecule has 0 unspecified atom stereocenters. The van der Waals surface area contributed by atoms with Crippen molar-refractivity contribution in [2.45, 2.75) is 24.3 Å². The molecular weight excluding hydrogens is 296 g/mol. The number of carbonyl (C=O) groups excluding carboxylic acids is 2. The molecule has 4 nitrogen and oxygen atoms in total. The fourth-order valence-corrected chi connectivity index (χ4v) is 3.02. The topological polar surface area (TPSA) is 49.4 Å². The number of nitrogens with one attached hydrogen (secondary N) is 1. The van der Waals surface area contributed by atoms with Crippen molar-refractivity contribution in [1.82, 2.24) is 10.2 Å². The Morgan fingerprint density at radius 3 is 2.85 bits per heavy atom. The summed E-state index contributed by atoms with van der Waals surface area (Å²) in [7, 11) is 0. The van der Waals surface area contributed by atoms with Crippen molar-refractivity contribution in [3.8, 4) is 0 Å². The van der Waals surface area contributed by atoms with Gasteiger partial charge in [0, 0.05) is 35.2 Å². The molecule has 20 heavy (non-hydrogen) atoms. The molecule has 1 aliphatic heterocycles. The van der Waals surface area contributed by atoms with E-state index in [1.807, 2.05) is 24.3 Å². The van der Waals surface area contributed by atoms with Crippen LogP contribution in [0.4, 0.5) is 0 Å². The van der Waals surface area contributed by atoms with Crippen molar-refractivity contribution in [2.24, 2.45) is 0 Å². The first-order valence-corrected chi connectivity index (χ1v) is 7.90. The standard InChI is InChI=1S/C14H17ClN2O2S/c1-10-14(19)16-7-8-17(10)13(18)6-9-20-12-4-2-11(15)3-5-12/h2-5,10H,6-9H2,1H3,(H,16,19)/t10-/m1/s1. The third kappa shape index (κ3) is 3.90. The molecule has 0 aromatic heterocycles. The van der Waals surface area contributed by atoms with Gasteiger partial charge < -0.3 is 10.2 Å². The van der Waals surface area contributed by atoms with Gasteiger partial charge in [-0.1, -0.05) is 11.6 Å². The molecule has 2 rings (SSSR count). The molecule has 1 heterocycles. The zero-order valence-corrected chi connectivity index (χ0v) is 12.8. The predicted octanol–water partition coefficient (Wildman–Crippen LogP) is 2.17. The van der Waals surface area contributed by atoms with E-state index in [1.165, 1.54) is 0 Å². The molecule has 108 valence electrons.